The fraction of sp³-hybridized carbons (Fsp3) is 0.0909. The van der Waals surface area contributed by atoms with Gasteiger partial charge in [0, 0.05) is 29.5 Å². The molecule has 0 bridgehead atoms. The van der Waals surface area contributed by atoms with Crippen LogP contribution >= 0.6 is 0 Å². The monoisotopic (exact) mass is 361 g/mol. The Kier molecular flexibility index (Phi) is 4.86. The second kappa shape index (κ2) is 7.78. The van der Waals surface area contributed by atoms with Crippen LogP contribution in [0.15, 0.2) is 67.1 Å². The highest BCUT2D eigenvalue weighted by molar-refractivity contribution is 6.79. The van der Waals surface area contributed by atoms with Crippen molar-refractivity contribution in [2.24, 2.45) is 0 Å². The topological polar surface area (TPSA) is 66.9 Å². The summed E-state index contributed by atoms with van der Waals surface area (Å²) in [6.07, 6.45) is 5.77. The minimum atomic E-state index is -0.389. The minimum Gasteiger partial charge on any atom is -0.264 e. The van der Waals surface area contributed by atoms with Crippen molar-refractivity contribution in [3.05, 3.63) is 78.2 Å². The minimum absolute atomic E-state index is 0.389. The van der Waals surface area contributed by atoms with E-state index in [9.17, 15) is 5.26 Å². The van der Waals surface area contributed by atoms with Crippen molar-refractivity contribution in [2.45, 2.75) is 13.2 Å². The zero-order valence-corrected chi connectivity index (χ0v) is 15.4. The van der Waals surface area contributed by atoms with Crippen LogP contribution in [0.25, 0.3) is 16.9 Å². The molecule has 0 saturated carbocycles. The van der Waals surface area contributed by atoms with Gasteiger partial charge in [0.1, 0.15) is 0 Å². The normalized spacial score (nSPS) is 10.1. The van der Waals surface area contributed by atoms with Gasteiger partial charge in [-0.15, -0.1) is 5.92 Å². The lowest BCUT2D eigenvalue weighted by molar-refractivity contribution is 0.966. The predicted octanol–water partition coefficient (Wildman–Crippen LogP) is 2.71. The van der Waals surface area contributed by atoms with E-state index in [4.69, 9.17) is 4.98 Å². The second-order valence-electron chi connectivity index (χ2n) is 6.35. The average Bonchev–Trinajstić information content (AvgIpc) is 3.16. The van der Waals surface area contributed by atoms with E-state index in [2.05, 4.69) is 27.9 Å². The van der Waals surface area contributed by atoms with E-state index < -0.39 is 0 Å². The van der Waals surface area contributed by atoms with Gasteiger partial charge in [-0.2, -0.15) is 5.10 Å². The number of hydrogen-bond acceptors (Lipinski definition) is 4. The molecule has 4 rings (SSSR count). The molecule has 0 saturated heterocycles. The third-order valence-corrected chi connectivity index (χ3v) is 4.50. The van der Waals surface area contributed by atoms with Crippen LogP contribution in [0.5, 0.6) is 0 Å². The highest BCUT2D eigenvalue weighted by atomic mass is 15.2. The number of hydrogen-bond donors (Lipinski definition) is 0. The van der Waals surface area contributed by atoms with Gasteiger partial charge in [0.15, 0.2) is 5.65 Å². The number of fused-ring (bicyclic) bond motifs is 1. The van der Waals surface area contributed by atoms with Crippen molar-refractivity contribution in [2.75, 3.05) is 0 Å². The molecule has 132 valence electrons. The first-order valence-electron chi connectivity index (χ1n) is 8.95. The Labute approximate surface area is 163 Å². The summed E-state index contributed by atoms with van der Waals surface area (Å²) >= 11 is 0. The van der Waals surface area contributed by atoms with Crippen LogP contribution in [-0.4, -0.2) is 26.3 Å². The third kappa shape index (κ3) is 3.36. The maximum absolute atomic E-state index is 9.91. The molecule has 28 heavy (non-hydrogen) atoms. The van der Waals surface area contributed by atoms with Crippen molar-refractivity contribution in [3.8, 4) is 29.1 Å². The van der Waals surface area contributed by atoms with Gasteiger partial charge < -0.3 is 0 Å². The van der Waals surface area contributed by atoms with Gasteiger partial charge in [0.25, 0.3) is 0 Å². The van der Waals surface area contributed by atoms with Gasteiger partial charge in [-0.25, -0.2) is 14.8 Å². The Morgan fingerprint density at radius 3 is 2.68 bits per heavy atom. The van der Waals surface area contributed by atoms with Crippen molar-refractivity contribution in [1.29, 1.82) is 5.26 Å². The van der Waals surface area contributed by atoms with Crippen LogP contribution in [0, 0.1) is 23.1 Å². The number of benzene rings is 1. The molecule has 0 spiro atoms. The fourth-order valence-electron chi connectivity index (χ4n) is 3.18. The molecule has 3 heterocycles. The summed E-state index contributed by atoms with van der Waals surface area (Å²) in [4.78, 5) is 8.94. The van der Waals surface area contributed by atoms with E-state index in [1.54, 1.807) is 30.0 Å². The molecule has 6 heteroatoms. The highest BCUT2D eigenvalue weighted by Crippen LogP contribution is 2.18. The molecule has 0 radical (unpaired) electrons. The van der Waals surface area contributed by atoms with Gasteiger partial charge >= 0.3 is 6.71 Å². The first-order chi connectivity index (χ1) is 13.8. The Bertz CT molecular complexity index is 1210. The highest BCUT2D eigenvalue weighted by Gasteiger charge is 2.24. The molecule has 0 aliphatic carbocycles. The number of pyridine rings is 1. The average molecular weight is 361 g/mol. The molecule has 0 fully saturated rings. The summed E-state index contributed by atoms with van der Waals surface area (Å²) in [5.74, 6) is 8.39. The van der Waals surface area contributed by atoms with E-state index in [-0.39, 0.29) is 6.71 Å². The quantitative estimate of drug-likeness (QED) is 0.414. The Balaban J connectivity index is 1.90. The van der Waals surface area contributed by atoms with Crippen LogP contribution in [0.2, 0.25) is 0 Å². The number of nitriles is 1. The van der Waals surface area contributed by atoms with Crippen molar-refractivity contribution < 1.29 is 0 Å². The van der Waals surface area contributed by atoms with Crippen LogP contribution < -0.4 is 5.59 Å². The first-order valence-corrected chi connectivity index (χ1v) is 8.95. The lowest BCUT2D eigenvalue weighted by atomic mass is 9.45. The molecule has 0 amide bonds. The molecule has 0 atom stereocenters. The van der Waals surface area contributed by atoms with Crippen molar-refractivity contribution in [1.82, 2.24) is 19.6 Å². The largest absolute Gasteiger partial charge is 0.326 e. The van der Waals surface area contributed by atoms with Gasteiger partial charge in [-0.05, 0) is 30.9 Å². The zero-order chi connectivity index (χ0) is 19.3. The summed E-state index contributed by atoms with van der Waals surface area (Å²) in [6.45, 7) is 1.39. The SMILES string of the molecule is CC#Cc1cnn2c(B(C#N)Cc3cccnc3)cc(-c3ccccc3)nc12. The summed E-state index contributed by atoms with van der Waals surface area (Å²) in [7, 11) is 0. The van der Waals surface area contributed by atoms with Crippen LogP contribution in [0.1, 0.15) is 18.1 Å². The van der Waals surface area contributed by atoms with Crippen LogP contribution in [0.4, 0.5) is 0 Å². The summed E-state index contributed by atoms with van der Waals surface area (Å²) in [5, 5.41) is 14.4. The number of nitrogens with zero attached hydrogens (tertiary/aromatic N) is 5. The van der Waals surface area contributed by atoms with E-state index in [1.807, 2.05) is 48.5 Å². The summed E-state index contributed by atoms with van der Waals surface area (Å²) in [6, 6.07) is 15.7. The van der Waals surface area contributed by atoms with Crippen molar-refractivity contribution >= 4 is 18.0 Å². The molecule has 3 aromatic heterocycles. The van der Waals surface area contributed by atoms with E-state index in [0.717, 1.165) is 28.0 Å². The molecular weight excluding hydrogens is 345 g/mol. The molecule has 0 aliphatic rings. The molecule has 1 aromatic carbocycles. The Morgan fingerprint density at radius 2 is 1.96 bits per heavy atom. The third-order valence-electron chi connectivity index (χ3n) is 4.50. The maximum Gasteiger partial charge on any atom is 0.326 e. The van der Waals surface area contributed by atoms with E-state index >= 15 is 0 Å². The van der Waals surface area contributed by atoms with Gasteiger partial charge in [-0.1, -0.05) is 42.3 Å². The van der Waals surface area contributed by atoms with Crippen LogP contribution in [-0.2, 0) is 6.32 Å². The van der Waals surface area contributed by atoms with E-state index in [1.165, 1.54) is 0 Å². The maximum atomic E-state index is 9.91. The molecule has 0 N–H and O–H groups in total. The van der Waals surface area contributed by atoms with Crippen molar-refractivity contribution in [3.63, 3.8) is 0 Å². The molecule has 0 unspecified atom stereocenters. The Hall–Kier alpha value is -3.90. The smallest absolute Gasteiger partial charge is 0.264 e. The molecular formula is C22H16BN5. The number of rotatable bonds is 4. The lowest BCUT2D eigenvalue weighted by Gasteiger charge is -2.11. The van der Waals surface area contributed by atoms with Crippen LogP contribution in [0.3, 0.4) is 0 Å². The Morgan fingerprint density at radius 1 is 1.11 bits per heavy atom. The number of aromatic nitrogens is 4. The molecule has 0 aliphatic heterocycles. The fourth-order valence-corrected chi connectivity index (χ4v) is 3.18. The van der Waals surface area contributed by atoms with Gasteiger partial charge in [-0.3, -0.25) is 4.98 Å². The predicted molar refractivity (Wildman–Crippen MR) is 110 cm³/mol. The standard InChI is InChI=1S/C22H16BN5/c1-2-7-19-15-26-28-21(23(16-24)13-17-8-6-11-25-14-17)12-20(27-22(19)28)18-9-4-3-5-10-18/h3-6,8-12,14-15H,13H2,1H3. The zero-order valence-electron chi connectivity index (χ0n) is 15.4. The van der Waals surface area contributed by atoms with E-state index in [0.29, 0.717) is 12.0 Å². The molecule has 4 aromatic rings. The first kappa shape index (κ1) is 17.5. The molecule has 5 nitrogen and oxygen atoms in total. The summed E-state index contributed by atoms with van der Waals surface area (Å²) in [5.41, 5.74) is 4.99. The summed E-state index contributed by atoms with van der Waals surface area (Å²) < 4.78 is 1.73. The van der Waals surface area contributed by atoms with Gasteiger partial charge in [0.05, 0.1) is 17.5 Å². The second-order valence-corrected chi connectivity index (χ2v) is 6.35. The lowest BCUT2D eigenvalue weighted by Crippen LogP contribution is -2.37. The van der Waals surface area contributed by atoms with Gasteiger partial charge in [0.2, 0.25) is 0 Å².